The maximum Gasteiger partial charge on any atom is 0.245 e. The van der Waals surface area contributed by atoms with Crippen LogP contribution in [0.4, 0.5) is 0 Å². The van der Waals surface area contributed by atoms with Crippen LogP contribution in [0.15, 0.2) is 72.1 Å². The van der Waals surface area contributed by atoms with Crippen molar-refractivity contribution in [3.05, 3.63) is 83.9 Å². The summed E-state index contributed by atoms with van der Waals surface area (Å²) >= 11 is 0. The first-order valence-electron chi connectivity index (χ1n) is 21.6. The monoisotopic (exact) mass is 888 g/mol. The van der Waals surface area contributed by atoms with Gasteiger partial charge < -0.3 is 63.5 Å². The molecule has 64 heavy (non-hydrogen) atoms. The minimum atomic E-state index is -1.35. The predicted octanol–water partition coefficient (Wildman–Crippen LogP) is -1.09. The lowest BCUT2D eigenvalue weighted by atomic mass is 10.0. The molecule has 2 heterocycles. The zero-order valence-electron chi connectivity index (χ0n) is 36.7. The molecule has 1 saturated heterocycles. The molecule has 1 aliphatic rings. The number of guanidine groups is 1. The SMILES string of the molecule is CCNC(=O)[C@@H]1CCCN1C(=O)[C@H](CCCN=C(N)N)NC(=O)[C@H](CC(C)C)NC(=O)[C@@H](Cc1cn(Cc2ccccc2)cn1)NC(=O)[C@H](Cc1ccc(O)cc1)NC(=O)[C@@H](N)CO. The number of hydrogen-bond acceptors (Lipinski definition) is 11. The highest BCUT2D eigenvalue weighted by molar-refractivity contribution is 5.97. The fraction of sp³-hybridized carbons (Fsp3) is 0.500. The van der Waals surface area contributed by atoms with Crippen LogP contribution in [0.3, 0.4) is 0 Å². The summed E-state index contributed by atoms with van der Waals surface area (Å²) in [7, 11) is 0. The van der Waals surface area contributed by atoms with Gasteiger partial charge in [-0.05, 0) is 68.2 Å². The summed E-state index contributed by atoms with van der Waals surface area (Å²) in [6, 6.07) is 8.62. The molecule has 0 unspecified atom stereocenters. The molecule has 0 aliphatic carbocycles. The Bertz CT molecular complexity index is 2040. The fourth-order valence-electron chi connectivity index (χ4n) is 7.33. The maximum absolute atomic E-state index is 14.5. The van der Waals surface area contributed by atoms with Crippen LogP contribution in [0.5, 0.6) is 5.75 Å². The van der Waals surface area contributed by atoms with Crippen LogP contribution in [-0.2, 0) is 48.2 Å². The highest BCUT2D eigenvalue weighted by atomic mass is 16.3. The van der Waals surface area contributed by atoms with Gasteiger partial charge in [0.05, 0.1) is 18.6 Å². The zero-order chi connectivity index (χ0) is 46.8. The van der Waals surface area contributed by atoms with E-state index in [0.29, 0.717) is 50.2 Å². The molecule has 0 radical (unpaired) electrons. The van der Waals surface area contributed by atoms with Crippen LogP contribution in [0.1, 0.15) is 69.7 Å². The fourth-order valence-corrected chi connectivity index (χ4v) is 7.33. The zero-order valence-corrected chi connectivity index (χ0v) is 36.7. The van der Waals surface area contributed by atoms with Crippen LogP contribution in [0, 0.1) is 5.92 Å². The van der Waals surface area contributed by atoms with E-state index in [2.05, 4.69) is 36.6 Å². The van der Waals surface area contributed by atoms with Crippen molar-refractivity contribution in [2.24, 2.45) is 28.1 Å². The van der Waals surface area contributed by atoms with Crippen LogP contribution in [0.2, 0.25) is 0 Å². The molecule has 1 aromatic heterocycles. The number of phenols is 1. The molecule has 20 nitrogen and oxygen atoms in total. The first-order valence-corrected chi connectivity index (χ1v) is 21.6. The number of hydrogen-bond donors (Lipinski definition) is 10. The van der Waals surface area contributed by atoms with E-state index >= 15 is 0 Å². The van der Waals surface area contributed by atoms with Crippen molar-refractivity contribution < 1.29 is 39.0 Å². The highest BCUT2D eigenvalue weighted by Crippen LogP contribution is 2.20. The number of aliphatic hydroxyl groups is 1. The molecule has 6 amide bonds. The van der Waals surface area contributed by atoms with Gasteiger partial charge in [0.25, 0.3) is 0 Å². The Morgan fingerprint density at radius 1 is 0.844 bits per heavy atom. The quantitative estimate of drug-likeness (QED) is 0.0292. The number of benzene rings is 2. The van der Waals surface area contributed by atoms with Gasteiger partial charge in [-0.2, -0.15) is 0 Å². The minimum absolute atomic E-state index is 0.0132. The number of aliphatic imine (C=N–C) groups is 1. The molecule has 348 valence electrons. The Labute approximate surface area is 373 Å². The summed E-state index contributed by atoms with van der Waals surface area (Å²) in [5, 5.41) is 33.1. The van der Waals surface area contributed by atoms with Crippen molar-refractivity contribution in [1.82, 2.24) is 41.0 Å². The Morgan fingerprint density at radius 2 is 1.47 bits per heavy atom. The Balaban J connectivity index is 1.63. The van der Waals surface area contributed by atoms with Gasteiger partial charge in [0.15, 0.2) is 5.96 Å². The van der Waals surface area contributed by atoms with E-state index in [1.165, 1.54) is 17.0 Å². The molecule has 6 atom stereocenters. The average molecular weight is 889 g/mol. The summed E-state index contributed by atoms with van der Waals surface area (Å²) in [6.07, 6.45) is 4.76. The smallest absolute Gasteiger partial charge is 0.245 e. The molecular weight excluding hydrogens is 825 g/mol. The summed E-state index contributed by atoms with van der Waals surface area (Å²) in [5.74, 6) is -4.03. The van der Waals surface area contributed by atoms with Crippen molar-refractivity contribution in [2.45, 2.75) is 109 Å². The molecule has 0 spiro atoms. The number of imidazole rings is 1. The second-order valence-corrected chi connectivity index (χ2v) is 16.3. The van der Waals surface area contributed by atoms with E-state index < -0.39 is 72.4 Å². The van der Waals surface area contributed by atoms with Crippen molar-refractivity contribution in [1.29, 1.82) is 0 Å². The van der Waals surface area contributed by atoms with Crippen molar-refractivity contribution in [3.63, 3.8) is 0 Å². The van der Waals surface area contributed by atoms with Crippen LogP contribution in [0.25, 0.3) is 0 Å². The lowest BCUT2D eigenvalue weighted by molar-refractivity contribution is -0.142. The number of aromatic nitrogens is 2. The normalized spacial score (nSPS) is 15.8. The van der Waals surface area contributed by atoms with Crippen LogP contribution in [-0.4, -0.2) is 129 Å². The lowest BCUT2D eigenvalue weighted by Crippen LogP contribution is -2.60. The number of amides is 6. The summed E-state index contributed by atoms with van der Waals surface area (Å²) < 4.78 is 1.82. The van der Waals surface area contributed by atoms with E-state index in [-0.39, 0.29) is 55.8 Å². The van der Waals surface area contributed by atoms with Crippen molar-refractivity contribution in [2.75, 3.05) is 26.2 Å². The summed E-state index contributed by atoms with van der Waals surface area (Å²) in [5.41, 5.74) is 18.8. The number of likely N-dealkylation sites (tertiary alicyclic amines) is 1. The van der Waals surface area contributed by atoms with Gasteiger partial charge in [0.2, 0.25) is 35.4 Å². The maximum atomic E-state index is 14.5. The van der Waals surface area contributed by atoms with Gasteiger partial charge in [0, 0.05) is 45.2 Å². The Hall–Kier alpha value is -6.54. The molecule has 1 aliphatic heterocycles. The third-order valence-corrected chi connectivity index (χ3v) is 10.6. The second-order valence-electron chi connectivity index (χ2n) is 16.3. The molecule has 0 saturated carbocycles. The van der Waals surface area contributed by atoms with Crippen molar-refractivity contribution >= 4 is 41.4 Å². The van der Waals surface area contributed by atoms with E-state index in [0.717, 1.165) is 5.56 Å². The van der Waals surface area contributed by atoms with E-state index in [1.54, 1.807) is 31.6 Å². The third kappa shape index (κ3) is 15.7. The van der Waals surface area contributed by atoms with Gasteiger partial charge in [-0.3, -0.25) is 33.8 Å². The number of aliphatic hydroxyl groups excluding tert-OH is 1. The van der Waals surface area contributed by atoms with E-state index in [4.69, 9.17) is 17.2 Å². The number of phenolic OH excluding ortho intramolecular Hbond substituents is 1. The van der Waals surface area contributed by atoms with Gasteiger partial charge in [-0.25, -0.2) is 4.98 Å². The number of carbonyl (C=O) groups is 6. The number of rotatable bonds is 24. The van der Waals surface area contributed by atoms with Gasteiger partial charge >= 0.3 is 0 Å². The van der Waals surface area contributed by atoms with Crippen LogP contribution >= 0.6 is 0 Å². The average Bonchev–Trinajstić information content (AvgIpc) is 3.94. The third-order valence-electron chi connectivity index (χ3n) is 10.6. The molecule has 3 aromatic rings. The molecule has 0 bridgehead atoms. The summed E-state index contributed by atoms with van der Waals surface area (Å²) in [6.45, 7) is 6.17. The number of aromatic hydroxyl groups is 1. The number of likely N-dealkylation sites (N-methyl/N-ethyl adjacent to an activating group) is 1. The number of nitrogens with two attached hydrogens (primary N) is 3. The van der Waals surface area contributed by atoms with Crippen molar-refractivity contribution in [3.8, 4) is 5.75 Å². The van der Waals surface area contributed by atoms with Gasteiger partial charge in [0.1, 0.15) is 42.0 Å². The number of nitrogens with zero attached hydrogens (tertiary/aromatic N) is 4. The predicted molar refractivity (Wildman–Crippen MR) is 239 cm³/mol. The Kier molecular flexibility index (Phi) is 19.5. The standard InChI is InChI=1S/C44H64N12O8/c1-4-48-42(63)37-13-9-19-56(37)43(64)33(12-8-18-49-44(46)47)51-39(60)34(20-27(2)3)53-41(62)36(22-30-24-55(26-50-30)23-29-10-6-5-7-11-29)54-40(61)35(52-38(59)32(45)25-57)21-28-14-16-31(58)17-15-28/h5-7,10-11,14-17,24,26-27,32-37,57-58H,4,8-9,12-13,18-23,25,45H2,1-3H3,(H,48,63)(H,51,60)(H,52,59)(H,53,62)(H,54,61)(H4,46,47,49)/t32-,33-,34-,35-,36+,37-/m0/s1. The molecule has 4 rings (SSSR count). The molecule has 1 fully saturated rings. The molecule has 2 aromatic carbocycles. The van der Waals surface area contributed by atoms with E-state index in [9.17, 15) is 39.0 Å². The first-order chi connectivity index (χ1) is 30.6. The minimum Gasteiger partial charge on any atom is -0.508 e. The largest absolute Gasteiger partial charge is 0.508 e. The molecule has 20 heteroatoms. The highest BCUT2D eigenvalue weighted by Gasteiger charge is 2.39. The van der Waals surface area contributed by atoms with Crippen LogP contribution < -0.4 is 43.8 Å². The second kappa shape index (κ2) is 24.9. The van der Waals surface area contributed by atoms with Gasteiger partial charge in [-0.1, -0.05) is 56.3 Å². The topological polar surface area (TPSA) is 315 Å². The number of nitrogens with one attached hydrogen (secondary N) is 5. The van der Waals surface area contributed by atoms with E-state index in [1.807, 2.05) is 48.7 Å². The lowest BCUT2D eigenvalue weighted by Gasteiger charge is -2.30. The van der Waals surface area contributed by atoms with Gasteiger partial charge in [-0.15, -0.1) is 0 Å². The molecule has 13 N–H and O–H groups in total. The summed E-state index contributed by atoms with van der Waals surface area (Å²) in [4.78, 5) is 92.9. The number of carbonyl (C=O) groups excluding carboxylic acids is 6. The first kappa shape index (κ1) is 50.1. The Morgan fingerprint density at radius 3 is 2.11 bits per heavy atom. The molecular formula is C44H64N12O8.